The number of hydrogen-bond donors (Lipinski definition) is 1. The maximum atomic E-state index is 3.91. The Bertz CT molecular complexity index is 312. The van der Waals surface area contributed by atoms with E-state index < -0.39 is 0 Å². The molecule has 2 heteroatoms. The van der Waals surface area contributed by atoms with Gasteiger partial charge in [0.25, 0.3) is 0 Å². The highest BCUT2D eigenvalue weighted by Crippen LogP contribution is 2.35. The molecule has 1 heterocycles. The average molecular weight is 278 g/mol. The van der Waals surface area contributed by atoms with Crippen molar-refractivity contribution in [1.82, 2.24) is 10.2 Å². The first-order valence-corrected chi connectivity index (χ1v) is 8.97. The van der Waals surface area contributed by atoms with Crippen molar-refractivity contribution in [2.45, 2.75) is 77.8 Å². The summed E-state index contributed by atoms with van der Waals surface area (Å²) in [4.78, 5) is 2.80. The van der Waals surface area contributed by atoms with Crippen LogP contribution in [-0.4, -0.2) is 36.6 Å². The molecule has 3 rings (SSSR count). The van der Waals surface area contributed by atoms with E-state index in [4.69, 9.17) is 0 Å². The quantitative estimate of drug-likeness (QED) is 0.825. The fraction of sp³-hybridized carbons (Fsp3) is 1.00. The summed E-state index contributed by atoms with van der Waals surface area (Å²) in [5, 5.41) is 3.91. The van der Waals surface area contributed by atoms with Gasteiger partial charge in [0, 0.05) is 25.2 Å². The Labute approximate surface area is 125 Å². The van der Waals surface area contributed by atoms with Crippen molar-refractivity contribution >= 4 is 0 Å². The van der Waals surface area contributed by atoms with Crippen molar-refractivity contribution in [3.8, 4) is 0 Å². The van der Waals surface area contributed by atoms with Crippen molar-refractivity contribution in [2.75, 3.05) is 19.6 Å². The van der Waals surface area contributed by atoms with Crippen LogP contribution in [0.2, 0.25) is 0 Å². The van der Waals surface area contributed by atoms with Crippen LogP contribution in [0.5, 0.6) is 0 Å². The minimum atomic E-state index is 0.482. The molecule has 20 heavy (non-hydrogen) atoms. The van der Waals surface area contributed by atoms with E-state index in [0.29, 0.717) is 5.41 Å². The number of likely N-dealkylation sites (tertiary alicyclic amines) is 1. The fourth-order valence-corrected chi connectivity index (χ4v) is 4.17. The number of hydrogen-bond acceptors (Lipinski definition) is 2. The van der Waals surface area contributed by atoms with Gasteiger partial charge < -0.3 is 5.32 Å². The van der Waals surface area contributed by atoms with Crippen molar-refractivity contribution in [2.24, 2.45) is 17.3 Å². The van der Waals surface area contributed by atoms with E-state index >= 15 is 0 Å². The molecule has 0 spiro atoms. The fourth-order valence-electron chi connectivity index (χ4n) is 4.17. The lowest BCUT2D eigenvalue weighted by atomic mass is 9.79. The third-order valence-corrected chi connectivity index (χ3v) is 5.45. The third kappa shape index (κ3) is 4.21. The number of nitrogens with zero attached hydrogens (tertiary/aromatic N) is 1. The van der Waals surface area contributed by atoms with E-state index in [1.165, 1.54) is 64.6 Å². The van der Waals surface area contributed by atoms with Gasteiger partial charge in [-0.25, -0.2) is 0 Å². The van der Waals surface area contributed by atoms with Gasteiger partial charge in [-0.15, -0.1) is 0 Å². The Hall–Kier alpha value is -0.0800. The molecule has 1 saturated heterocycles. The predicted molar refractivity (Wildman–Crippen MR) is 85.9 cm³/mol. The summed E-state index contributed by atoms with van der Waals surface area (Å²) < 4.78 is 0. The highest BCUT2D eigenvalue weighted by molar-refractivity contribution is 4.93. The van der Waals surface area contributed by atoms with Crippen molar-refractivity contribution in [3.05, 3.63) is 0 Å². The lowest BCUT2D eigenvalue weighted by molar-refractivity contribution is 0.103. The molecule has 0 aromatic rings. The van der Waals surface area contributed by atoms with Crippen molar-refractivity contribution in [3.63, 3.8) is 0 Å². The molecular formula is C18H34N2. The van der Waals surface area contributed by atoms with Crippen LogP contribution in [0.25, 0.3) is 0 Å². The SMILES string of the molecule is CC(C)(C)CC1CC(NCC2CCC2)CN(C2CC2)C1. The molecule has 116 valence electrons. The first kappa shape index (κ1) is 14.8. The van der Waals surface area contributed by atoms with Gasteiger partial charge in [-0.3, -0.25) is 4.90 Å². The Morgan fingerprint density at radius 2 is 1.75 bits per heavy atom. The van der Waals surface area contributed by atoms with Crippen LogP contribution in [0.3, 0.4) is 0 Å². The molecule has 0 amide bonds. The first-order valence-electron chi connectivity index (χ1n) is 8.97. The maximum Gasteiger partial charge on any atom is 0.0198 e. The molecule has 0 bridgehead atoms. The molecule has 3 fully saturated rings. The van der Waals surface area contributed by atoms with Crippen LogP contribution in [0.15, 0.2) is 0 Å². The van der Waals surface area contributed by atoms with Crippen LogP contribution in [-0.2, 0) is 0 Å². The normalized spacial score (nSPS) is 33.1. The average Bonchev–Trinajstić information content (AvgIpc) is 3.07. The maximum absolute atomic E-state index is 3.91. The van der Waals surface area contributed by atoms with Crippen LogP contribution in [0.4, 0.5) is 0 Å². The molecule has 1 N–H and O–H groups in total. The van der Waals surface area contributed by atoms with Crippen molar-refractivity contribution in [1.29, 1.82) is 0 Å². The van der Waals surface area contributed by atoms with Gasteiger partial charge in [-0.2, -0.15) is 0 Å². The standard InChI is InChI=1S/C18H34N2/c1-18(2,3)10-15-9-16(19-11-14-5-4-6-14)13-20(12-15)17-7-8-17/h14-17,19H,4-13H2,1-3H3. The molecule has 0 radical (unpaired) electrons. The van der Waals surface area contributed by atoms with Gasteiger partial charge in [-0.1, -0.05) is 27.2 Å². The molecule has 2 saturated carbocycles. The lowest BCUT2D eigenvalue weighted by Crippen LogP contribution is -2.51. The van der Waals surface area contributed by atoms with Gasteiger partial charge in [0.15, 0.2) is 0 Å². The largest absolute Gasteiger partial charge is 0.312 e. The van der Waals surface area contributed by atoms with Crippen molar-refractivity contribution < 1.29 is 0 Å². The smallest absolute Gasteiger partial charge is 0.0198 e. The summed E-state index contributed by atoms with van der Waals surface area (Å²) in [5.74, 6) is 1.90. The lowest BCUT2D eigenvalue weighted by Gasteiger charge is -2.41. The minimum absolute atomic E-state index is 0.482. The van der Waals surface area contributed by atoms with Crippen LogP contribution >= 0.6 is 0 Å². The Morgan fingerprint density at radius 1 is 1.00 bits per heavy atom. The van der Waals surface area contributed by atoms with Gasteiger partial charge in [0.2, 0.25) is 0 Å². The first-order chi connectivity index (χ1) is 9.49. The monoisotopic (exact) mass is 278 g/mol. The summed E-state index contributed by atoms with van der Waals surface area (Å²) >= 11 is 0. The Balaban J connectivity index is 1.51. The van der Waals surface area contributed by atoms with E-state index in [1.54, 1.807) is 0 Å². The molecular weight excluding hydrogens is 244 g/mol. The second kappa shape index (κ2) is 5.96. The molecule has 2 aliphatic carbocycles. The summed E-state index contributed by atoms with van der Waals surface area (Å²) in [6, 6.07) is 1.70. The van der Waals surface area contributed by atoms with Gasteiger partial charge in [0.05, 0.1) is 0 Å². The molecule has 2 unspecified atom stereocenters. The molecule has 2 nitrogen and oxygen atoms in total. The third-order valence-electron chi connectivity index (χ3n) is 5.45. The summed E-state index contributed by atoms with van der Waals surface area (Å²) in [6.45, 7) is 11.2. The van der Waals surface area contributed by atoms with Crippen LogP contribution in [0.1, 0.15) is 65.7 Å². The summed E-state index contributed by atoms with van der Waals surface area (Å²) in [6.07, 6.45) is 10.1. The Morgan fingerprint density at radius 3 is 2.30 bits per heavy atom. The van der Waals surface area contributed by atoms with E-state index in [9.17, 15) is 0 Å². The molecule has 1 aliphatic heterocycles. The second-order valence-corrected chi connectivity index (χ2v) is 8.95. The van der Waals surface area contributed by atoms with E-state index in [2.05, 4.69) is 31.0 Å². The number of piperidine rings is 1. The second-order valence-electron chi connectivity index (χ2n) is 8.95. The van der Waals surface area contributed by atoms with E-state index in [0.717, 1.165) is 23.9 Å². The van der Waals surface area contributed by atoms with Gasteiger partial charge >= 0.3 is 0 Å². The highest BCUT2D eigenvalue weighted by atomic mass is 15.2. The minimum Gasteiger partial charge on any atom is -0.312 e. The molecule has 3 aliphatic rings. The highest BCUT2D eigenvalue weighted by Gasteiger charge is 2.37. The predicted octanol–water partition coefficient (Wildman–Crippen LogP) is 3.67. The molecule has 0 aromatic carbocycles. The zero-order valence-corrected chi connectivity index (χ0v) is 13.8. The van der Waals surface area contributed by atoms with Gasteiger partial charge in [0.1, 0.15) is 0 Å². The molecule has 2 atom stereocenters. The zero-order valence-electron chi connectivity index (χ0n) is 13.8. The topological polar surface area (TPSA) is 15.3 Å². The van der Waals surface area contributed by atoms with E-state index in [1.807, 2.05) is 0 Å². The number of nitrogens with one attached hydrogen (secondary N) is 1. The Kier molecular flexibility index (Phi) is 4.42. The van der Waals surface area contributed by atoms with Crippen LogP contribution in [0, 0.1) is 17.3 Å². The summed E-state index contributed by atoms with van der Waals surface area (Å²) in [7, 11) is 0. The van der Waals surface area contributed by atoms with Gasteiger partial charge in [-0.05, 0) is 62.3 Å². The zero-order chi connectivity index (χ0) is 14.2. The van der Waals surface area contributed by atoms with Crippen LogP contribution < -0.4 is 5.32 Å². The molecule has 0 aromatic heterocycles. The van der Waals surface area contributed by atoms with E-state index in [-0.39, 0.29) is 0 Å². The number of rotatable bonds is 5. The summed E-state index contributed by atoms with van der Waals surface area (Å²) in [5.41, 5.74) is 0.482.